The highest BCUT2D eigenvalue weighted by molar-refractivity contribution is 7.92. The summed E-state index contributed by atoms with van der Waals surface area (Å²) in [5.74, 6) is 2.72. The molecule has 0 unspecified atom stereocenters. The molecule has 0 bridgehead atoms. The van der Waals surface area contributed by atoms with Crippen LogP contribution in [0.15, 0.2) is 53.4 Å². The summed E-state index contributed by atoms with van der Waals surface area (Å²) in [5, 5.41) is -0.618. The maximum Gasteiger partial charge on any atom is 0.305 e. The summed E-state index contributed by atoms with van der Waals surface area (Å²) in [5.41, 5.74) is 1.91. The summed E-state index contributed by atoms with van der Waals surface area (Å²) >= 11 is 0. The molecular weight excluding hydrogens is 668 g/mol. The Morgan fingerprint density at radius 1 is 0.941 bits per heavy atom. The molecule has 0 N–H and O–H groups in total. The van der Waals surface area contributed by atoms with Gasteiger partial charge in [-0.25, -0.2) is 12.8 Å². The highest BCUT2D eigenvalue weighted by Crippen LogP contribution is 2.54. The van der Waals surface area contributed by atoms with Crippen molar-refractivity contribution in [3.8, 4) is 12.3 Å². The Balaban J connectivity index is 0.981. The maximum atomic E-state index is 15.0. The van der Waals surface area contributed by atoms with Crippen LogP contribution < -0.4 is 4.90 Å². The number of halogens is 1. The van der Waals surface area contributed by atoms with Crippen LogP contribution in [-0.4, -0.2) is 113 Å². The number of ether oxygens (including phenoxy) is 1. The average Bonchev–Trinajstić information content (AvgIpc) is 3.53. The number of likely N-dealkylation sites (tertiary alicyclic amines) is 3. The van der Waals surface area contributed by atoms with E-state index in [1.165, 1.54) is 18.4 Å². The van der Waals surface area contributed by atoms with Gasteiger partial charge in [0.1, 0.15) is 11.1 Å². The third-order valence-electron chi connectivity index (χ3n) is 12.8. The summed E-state index contributed by atoms with van der Waals surface area (Å²) in [7, 11) is -2.05. The van der Waals surface area contributed by atoms with Crippen molar-refractivity contribution in [3.05, 3.63) is 59.9 Å². The molecule has 0 radical (unpaired) electrons. The van der Waals surface area contributed by atoms with Gasteiger partial charge >= 0.3 is 5.97 Å². The third-order valence-corrected chi connectivity index (χ3v) is 14.9. The van der Waals surface area contributed by atoms with E-state index >= 15 is 0 Å². The summed E-state index contributed by atoms with van der Waals surface area (Å²) in [6, 6.07) is 14.5. The van der Waals surface area contributed by atoms with Crippen LogP contribution in [0.25, 0.3) is 0 Å². The molecule has 274 valence electrons. The van der Waals surface area contributed by atoms with E-state index in [4.69, 9.17) is 11.2 Å². The van der Waals surface area contributed by atoms with Gasteiger partial charge < -0.3 is 24.3 Å². The molecule has 9 nitrogen and oxygen atoms in total. The third kappa shape index (κ3) is 7.16. The molecule has 4 aliphatic heterocycles. The molecule has 7 rings (SSSR count). The minimum atomic E-state index is -3.52. The molecule has 0 aromatic heterocycles. The molecule has 1 aliphatic carbocycles. The lowest BCUT2D eigenvalue weighted by Gasteiger charge is -2.54. The number of nitrogens with zero attached hydrogens (tertiary/aromatic N) is 4. The number of esters is 1. The monoisotopic (exact) mass is 718 g/mol. The summed E-state index contributed by atoms with van der Waals surface area (Å²) < 4.78 is 46.2. The highest BCUT2D eigenvalue weighted by atomic mass is 32.2. The van der Waals surface area contributed by atoms with Crippen molar-refractivity contribution in [1.82, 2.24) is 14.7 Å². The van der Waals surface area contributed by atoms with Gasteiger partial charge in [-0.2, -0.15) is 0 Å². The predicted octanol–water partition coefficient (Wildman–Crippen LogP) is 4.21. The largest absolute Gasteiger partial charge is 0.469 e. The minimum absolute atomic E-state index is 0.138. The molecule has 4 heterocycles. The van der Waals surface area contributed by atoms with Crippen molar-refractivity contribution < 1.29 is 27.1 Å². The Kier molecular flexibility index (Phi) is 10.5. The van der Waals surface area contributed by atoms with Gasteiger partial charge in [-0.05, 0) is 124 Å². The van der Waals surface area contributed by atoms with Gasteiger partial charge in [-0.3, -0.25) is 9.59 Å². The van der Waals surface area contributed by atoms with Crippen LogP contribution in [-0.2, 0) is 29.6 Å². The Hall–Kier alpha value is -3.46. The van der Waals surface area contributed by atoms with Crippen molar-refractivity contribution >= 4 is 27.4 Å². The van der Waals surface area contributed by atoms with Crippen LogP contribution in [0, 0.1) is 41.8 Å². The quantitative estimate of drug-likeness (QED) is 0.238. The number of terminal acetylenes is 1. The lowest BCUT2D eigenvalue weighted by Crippen LogP contribution is -2.58. The minimum Gasteiger partial charge on any atom is -0.469 e. The molecular formula is C40H51FN4O5S. The van der Waals surface area contributed by atoms with Crippen LogP contribution in [0.3, 0.4) is 0 Å². The van der Waals surface area contributed by atoms with E-state index in [9.17, 15) is 22.4 Å². The van der Waals surface area contributed by atoms with Gasteiger partial charge in [0.25, 0.3) is 5.91 Å². The smallest absolute Gasteiger partial charge is 0.305 e. The number of benzene rings is 2. The van der Waals surface area contributed by atoms with Crippen molar-refractivity contribution in [2.24, 2.45) is 23.7 Å². The Morgan fingerprint density at radius 2 is 1.67 bits per heavy atom. The fraction of sp³-hybridized carbons (Fsp3) is 0.600. The number of carbonyl (C=O) groups excluding carboxylic acids is 2. The van der Waals surface area contributed by atoms with E-state index < -0.39 is 21.0 Å². The Morgan fingerprint density at radius 3 is 2.29 bits per heavy atom. The fourth-order valence-electron chi connectivity index (χ4n) is 9.86. The number of hydrogen-bond donors (Lipinski definition) is 0. The van der Waals surface area contributed by atoms with Gasteiger partial charge in [0.2, 0.25) is 0 Å². The number of piperidine rings is 1. The lowest BCUT2D eigenvalue weighted by atomic mass is 9.56. The Bertz CT molecular complexity index is 1720. The number of anilines is 1. The lowest BCUT2D eigenvalue weighted by molar-refractivity contribution is -0.142. The molecule has 3 atom stereocenters. The van der Waals surface area contributed by atoms with Crippen LogP contribution >= 0.6 is 0 Å². The van der Waals surface area contributed by atoms with Crippen molar-refractivity contribution in [1.29, 1.82) is 0 Å². The zero-order valence-corrected chi connectivity index (χ0v) is 30.5. The van der Waals surface area contributed by atoms with Gasteiger partial charge in [0, 0.05) is 62.7 Å². The van der Waals surface area contributed by atoms with E-state index in [0.717, 1.165) is 95.7 Å². The standard InChI is InChI=1S/C40H51FN4O5S/c1-3-38(46)45-26-36(27-45)51(48,49)35-13-11-34(12-14-35)44-24-29(25-44)23-42-19-15-31(16-20-42)40(28-43-17-6-18-43,32-8-5-9-33(41)22-32)37-10-4-7-30(37)21-39(47)50-2/h1,5,8-9,11-14,22,29-31,36-37H,4,6-7,10,15-21,23-28H2,2H3/t30-,37+,40+/m1/s1. The zero-order chi connectivity index (χ0) is 35.8. The van der Waals surface area contributed by atoms with Crippen LogP contribution in [0.5, 0.6) is 0 Å². The molecule has 51 heavy (non-hydrogen) atoms. The zero-order valence-electron chi connectivity index (χ0n) is 29.7. The number of carbonyl (C=O) groups is 2. The first kappa shape index (κ1) is 35.9. The first-order valence-corrected chi connectivity index (χ1v) is 20.3. The summed E-state index contributed by atoms with van der Waals surface area (Å²) in [4.78, 5) is 33.3. The van der Waals surface area contributed by atoms with E-state index in [0.29, 0.717) is 24.2 Å². The van der Waals surface area contributed by atoms with E-state index in [2.05, 4.69) is 20.8 Å². The average molecular weight is 719 g/mol. The van der Waals surface area contributed by atoms with Crippen molar-refractivity contribution in [2.45, 2.75) is 60.5 Å². The molecule has 11 heteroatoms. The second-order valence-corrected chi connectivity index (χ2v) is 17.8. The van der Waals surface area contributed by atoms with Crippen LogP contribution in [0.2, 0.25) is 0 Å². The van der Waals surface area contributed by atoms with Gasteiger partial charge in [-0.15, -0.1) is 6.42 Å². The first-order valence-electron chi connectivity index (χ1n) is 18.7. The number of hydrogen-bond acceptors (Lipinski definition) is 8. The molecule has 0 spiro atoms. The first-order chi connectivity index (χ1) is 24.6. The molecule has 5 aliphatic rings. The number of methoxy groups -OCH3 is 1. The Labute approximate surface area is 302 Å². The van der Waals surface area contributed by atoms with E-state index in [1.807, 2.05) is 24.1 Å². The fourth-order valence-corrected chi connectivity index (χ4v) is 11.5. The second-order valence-electron chi connectivity index (χ2n) is 15.6. The van der Waals surface area contributed by atoms with E-state index in [1.54, 1.807) is 24.3 Å². The van der Waals surface area contributed by atoms with Gasteiger partial charge in [-0.1, -0.05) is 18.6 Å². The van der Waals surface area contributed by atoms with Gasteiger partial charge in [0.15, 0.2) is 9.84 Å². The summed E-state index contributed by atoms with van der Waals surface area (Å²) in [6.07, 6.45) is 12.1. The molecule has 4 saturated heterocycles. The normalized spacial score (nSPS) is 25.0. The SMILES string of the molecule is C#CC(=O)N1CC(S(=O)(=O)c2ccc(N3CC(CN4CCC([C@@](CN5CCC5)(c5cccc(F)c5)[C@H]5CCC[C@@H]5CC(=O)OC)CC4)C3)cc2)C1. The van der Waals surface area contributed by atoms with Crippen LogP contribution in [0.1, 0.15) is 50.5 Å². The summed E-state index contributed by atoms with van der Waals surface area (Å²) in [6.45, 7) is 8.25. The topological polar surface area (TPSA) is 90.5 Å². The highest BCUT2D eigenvalue weighted by Gasteiger charge is 2.53. The second kappa shape index (κ2) is 14.9. The molecule has 2 aromatic rings. The molecule has 2 aromatic carbocycles. The van der Waals surface area contributed by atoms with Crippen LogP contribution in [0.4, 0.5) is 10.1 Å². The van der Waals surface area contributed by atoms with E-state index in [-0.39, 0.29) is 41.1 Å². The molecule has 1 amide bonds. The maximum absolute atomic E-state index is 15.0. The number of amides is 1. The predicted molar refractivity (Wildman–Crippen MR) is 194 cm³/mol. The number of rotatable bonds is 12. The van der Waals surface area contributed by atoms with Crippen molar-refractivity contribution in [3.63, 3.8) is 0 Å². The molecule has 1 saturated carbocycles. The van der Waals surface area contributed by atoms with Crippen molar-refractivity contribution in [2.75, 3.05) is 77.5 Å². The number of sulfone groups is 1. The van der Waals surface area contributed by atoms with Gasteiger partial charge in [0.05, 0.1) is 12.0 Å². The molecule has 5 fully saturated rings.